The van der Waals surface area contributed by atoms with E-state index in [1.54, 1.807) is 0 Å². The maximum Gasteiger partial charge on any atom is 0.0442 e. The number of rotatable bonds is 19. The van der Waals surface area contributed by atoms with Crippen molar-refractivity contribution in [3.8, 4) is 0 Å². The van der Waals surface area contributed by atoms with Crippen molar-refractivity contribution in [2.75, 3.05) is 57.9 Å². The molecule has 192 valence electrons. The van der Waals surface area contributed by atoms with Crippen LogP contribution in [0.5, 0.6) is 0 Å². The largest absolute Gasteiger partial charge is 0.376 e. The summed E-state index contributed by atoms with van der Waals surface area (Å²) < 4.78 is 0. The van der Waals surface area contributed by atoms with Crippen molar-refractivity contribution >= 4 is 11.8 Å². The summed E-state index contributed by atoms with van der Waals surface area (Å²) in [5.41, 5.74) is 1.41. The van der Waals surface area contributed by atoms with Gasteiger partial charge in [0.05, 0.1) is 0 Å². The van der Waals surface area contributed by atoms with Gasteiger partial charge in [-0.3, -0.25) is 4.90 Å². The third-order valence-corrected chi connectivity index (χ3v) is 6.22. The molecule has 0 rings (SSSR count). The summed E-state index contributed by atoms with van der Waals surface area (Å²) in [5.74, 6) is 4.87. The van der Waals surface area contributed by atoms with Crippen LogP contribution in [0, 0.1) is 29.6 Å². The van der Waals surface area contributed by atoms with Crippen LogP contribution in [0.4, 0.5) is 0 Å². The number of hydrogen-bond donors (Lipinski definition) is 0. The van der Waals surface area contributed by atoms with Gasteiger partial charge in [-0.2, -0.15) is 0 Å². The second-order valence-corrected chi connectivity index (χ2v) is 12.7. The number of nitrogens with zero attached hydrogens (tertiary/aromatic N) is 3. The fourth-order valence-electron chi connectivity index (χ4n) is 4.60. The molecule has 0 aliphatic carbocycles. The highest BCUT2D eigenvalue weighted by Gasteiger charge is 2.16. The molecule has 0 aromatic heterocycles. The van der Waals surface area contributed by atoms with E-state index >= 15 is 0 Å². The lowest BCUT2D eigenvalue weighted by atomic mass is 9.96. The van der Waals surface area contributed by atoms with E-state index in [0.717, 1.165) is 48.6 Å². The molecular weight excluding hydrogens is 410 g/mol. The molecule has 3 nitrogen and oxygen atoms in total. The fourth-order valence-corrected chi connectivity index (χ4v) is 5.20. The smallest absolute Gasteiger partial charge is 0.0442 e. The van der Waals surface area contributed by atoms with Crippen molar-refractivity contribution in [1.82, 2.24) is 14.7 Å². The van der Waals surface area contributed by atoms with Gasteiger partial charge in [0.15, 0.2) is 0 Å². The minimum absolute atomic E-state index is 0.727. The van der Waals surface area contributed by atoms with Crippen molar-refractivity contribution < 1.29 is 0 Å². The zero-order valence-electron chi connectivity index (χ0n) is 23.8. The minimum atomic E-state index is 0.727. The SMILES string of the molecule is CSCN(CCN(C=C(C)C)CC(C)CCC(C)CN(CC(C)C)CC(C)C)CC(C)C. The van der Waals surface area contributed by atoms with Crippen molar-refractivity contribution in [2.45, 2.75) is 82.1 Å². The summed E-state index contributed by atoms with van der Waals surface area (Å²) >= 11 is 1.94. The molecule has 0 radical (unpaired) electrons. The first-order valence-electron chi connectivity index (χ1n) is 13.3. The molecule has 4 heteroatoms. The van der Waals surface area contributed by atoms with Gasteiger partial charge in [0, 0.05) is 51.7 Å². The van der Waals surface area contributed by atoms with Crippen molar-refractivity contribution in [3.05, 3.63) is 11.8 Å². The van der Waals surface area contributed by atoms with Gasteiger partial charge in [-0.05, 0) is 68.7 Å². The average Bonchev–Trinajstić information content (AvgIpc) is 2.62. The van der Waals surface area contributed by atoms with Gasteiger partial charge in [0.25, 0.3) is 0 Å². The van der Waals surface area contributed by atoms with Gasteiger partial charge in [-0.1, -0.05) is 61.0 Å². The van der Waals surface area contributed by atoms with Crippen molar-refractivity contribution in [2.24, 2.45) is 29.6 Å². The van der Waals surface area contributed by atoms with Gasteiger partial charge >= 0.3 is 0 Å². The highest BCUT2D eigenvalue weighted by molar-refractivity contribution is 7.98. The summed E-state index contributed by atoms with van der Waals surface area (Å²) in [4.78, 5) is 7.91. The summed E-state index contributed by atoms with van der Waals surface area (Å²) in [6.07, 6.45) is 7.27. The predicted octanol–water partition coefficient (Wildman–Crippen LogP) is 7.16. The maximum atomic E-state index is 2.70. The van der Waals surface area contributed by atoms with Crippen LogP contribution >= 0.6 is 11.8 Å². The molecule has 0 N–H and O–H groups in total. The van der Waals surface area contributed by atoms with Crippen LogP contribution < -0.4 is 0 Å². The Hall–Kier alpha value is -0.190. The Labute approximate surface area is 207 Å². The molecule has 0 saturated carbocycles. The Morgan fingerprint density at radius 2 is 1.12 bits per heavy atom. The van der Waals surface area contributed by atoms with Gasteiger partial charge in [-0.15, -0.1) is 11.8 Å². The molecule has 32 heavy (non-hydrogen) atoms. The van der Waals surface area contributed by atoms with Crippen LogP contribution in [0.3, 0.4) is 0 Å². The molecule has 0 amide bonds. The molecular formula is C28H59N3S. The normalized spacial score (nSPS) is 14.1. The first-order chi connectivity index (χ1) is 14.9. The zero-order valence-corrected chi connectivity index (χ0v) is 24.6. The van der Waals surface area contributed by atoms with Gasteiger partial charge in [-0.25, -0.2) is 0 Å². The molecule has 0 fully saturated rings. The molecule has 0 spiro atoms. The van der Waals surface area contributed by atoms with E-state index in [1.165, 1.54) is 51.1 Å². The topological polar surface area (TPSA) is 9.72 Å². The van der Waals surface area contributed by atoms with Crippen molar-refractivity contribution in [3.63, 3.8) is 0 Å². The Bertz CT molecular complexity index is 461. The monoisotopic (exact) mass is 469 g/mol. The maximum absolute atomic E-state index is 2.70. The molecule has 0 aliphatic heterocycles. The molecule has 0 bridgehead atoms. The van der Waals surface area contributed by atoms with Crippen LogP contribution in [-0.2, 0) is 0 Å². The van der Waals surface area contributed by atoms with E-state index in [0.29, 0.717) is 0 Å². The second-order valence-electron chi connectivity index (χ2n) is 11.9. The van der Waals surface area contributed by atoms with E-state index < -0.39 is 0 Å². The average molecular weight is 470 g/mol. The molecule has 0 aliphatic rings. The molecule has 0 heterocycles. The Morgan fingerprint density at radius 1 is 0.656 bits per heavy atom. The van der Waals surface area contributed by atoms with E-state index in [9.17, 15) is 0 Å². The Kier molecular flexibility index (Phi) is 18.1. The molecule has 2 atom stereocenters. The quantitative estimate of drug-likeness (QED) is 0.186. The number of hydrogen-bond acceptors (Lipinski definition) is 4. The highest BCUT2D eigenvalue weighted by Crippen LogP contribution is 2.17. The lowest BCUT2D eigenvalue weighted by molar-refractivity contribution is 0.182. The first kappa shape index (κ1) is 31.8. The van der Waals surface area contributed by atoms with Crippen LogP contribution in [0.15, 0.2) is 11.8 Å². The van der Waals surface area contributed by atoms with Crippen LogP contribution in [0.25, 0.3) is 0 Å². The van der Waals surface area contributed by atoms with Crippen molar-refractivity contribution in [1.29, 1.82) is 0 Å². The molecule has 0 aromatic carbocycles. The fraction of sp³-hybridized carbons (Fsp3) is 0.929. The standard InChI is InChI=1S/C28H59N3S/c1-23(2)16-29(14-15-30(22-32-11)17-24(3)4)20-27(9)12-13-28(10)21-31(18-25(5)6)19-26(7)8/h16,24-28H,12-15,17-22H2,1-11H3. The van der Waals surface area contributed by atoms with E-state index in [4.69, 9.17) is 0 Å². The summed E-state index contributed by atoms with van der Waals surface area (Å²) in [6.45, 7) is 31.8. The van der Waals surface area contributed by atoms with Gasteiger partial charge in [0.2, 0.25) is 0 Å². The van der Waals surface area contributed by atoms with Gasteiger partial charge in [0.1, 0.15) is 0 Å². The summed E-state index contributed by atoms with van der Waals surface area (Å²) in [7, 11) is 0. The third kappa shape index (κ3) is 18.3. The van der Waals surface area contributed by atoms with E-state index in [2.05, 4.69) is 96.4 Å². The lowest BCUT2D eigenvalue weighted by Crippen LogP contribution is -2.37. The number of allylic oxidation sites excluding steroid dienone is 1. The Balaban J connectivity index is 4.68. The van der Waals surface area contributed by atoms with E-state index in [1.807, 2.05) is 11.8 Å². The summed E-state index contributed by atoms with van der Waals surface area (Å²) in [5, 5.41) is 0. The van der Waals surface area contributed by atoms with Crippen LogP contribution in [0.1, 0.15) is 82.1 Å². The lowest BCUT2D eigenvalue weighted by Gasteiger charge is -2.31. The zero-order chi connectivity index (χ0) is 24.7. The molecule has 0 aromatic rings. The molecule has 0 saturated heterocycles. The summed E-state index contributed by atoms with van der Waals surface area (Å²) in [6, 6.07) is 0. The third-order valence-electron chi connectivity index (χ3n) is 5.59. The highest BCUT2D eigenvalue weighted by atomic mass is 32.2. The predicted molar refractivity (Wildman–Crippen MR) is 149 cm³/mol. The van der Waals surface area contributed by atoms with Gasteiger partial charge < -0.3 is 9.80 Å². The number of thioether (sulfide) groups is 1. The molecule has 2 unspecified atom stereocenters. The minimum Gasteiger partial charge on any atom is -0.376 e. The Morgan fingerprint density at radius 3 is 1.56 bits per heavy atom. The van der Waals surface area contributed by atoms with Crippen LogP contribution in [-0.4, -0.2) is 72.6 Å². The van der Waals surface area contributed by atoms with E-state index in [-0.39, 0.29) is 0 Å². The van der Waals surface area contributed by atoms with Crippen LogP contribution in [0.2, 0.25) is 0 Å². The first-order valence-corrected chi connectivity index (χ1v) is 14.6. The second kappa shape index (κ2) is 18.2.